The third kappa shape index (κ3) is 2.48. The molecule has 1 aromatic heterocycles. The Kier molecular flexibility index (Phi) is 3.85. The van der Waals surface area contributed by atoms with E-state index in [1.54, 1.807) is 18.2 Å². The van der Waals surface area contributed by atoms with Crippen molar-refractivity contribution >= 4 is 33.5 Å². The fourth-order valence-electron chi connectivity index (χ4n) is 3.69. The Morgan fingerprint density at radius 3 is 2.36 bits per heavy atom. The van der Waals surface area contributed by atoms with Gasteiger partial charge in [-0.05, 0) is 23.8 Å². The summed E-state index contributed by atoms with van der Waals surface area (Å²) in [7, 11) is 0. The first-order valence-corrected chi connectivity index (χ1v) is 9.20. The lowest BCUT2D eigenvalue weighted by atomic mass is 9.96. The van der Waals surface area contributed by atoms with Crippen LogP contribution in [-0.2, 0) is 0 Å². The van der Waals surface area contributed by atoms with Gasteiger partial charge in [0.25, 0.3) is 0 Å². The zero-order valence-electron chi connectivity index (χ0n) is 14.6. The third-order valence-electron chi connectivity index (χ3n) is 4.95. The maximum atomic E-state index is 14.8. The summed E-state index contributed by atoms with van der Waals surface area (Å²) in [5.41, 5.74) is 3.84. The van der Waals surface area contributed by atoms with Gasteiger partial charge in [0.1, 0.15) is 22.7 Å². The third-order valence-corrected chi connectivity index (χ3v) is 5.24. The smallest absolute Gasteiger partial charge is 0.149 e. The highest BCUT2D eigenvalue weighted by Gasteiger charge is 2.21. The fraction of sp³-hybridized carbons (Fsp3) is 0. The number of halogens is 2. The lowest BCUT2D eigenvalue weighted by molar-refractivity contribution is 0.477. The highest BCUT2D eigenvalue weighted by molar-refractivity contribution is 6.31. The van der Waals surface area contributed by atoms with Gasteiger partial charge in [-0.25, -0.2) is 4.39 Å². The molecule has 28 heavy (non-hydrogen) atoms. The molecule has 4 heteroatoms. The van der Waals surface area contributed by atoms with Crippen LogP contribution in [0.5, 0.6) is 5.75 Å². The number of furan rings is 1. The molecule has 2 nitrogen and oxygen atoms in total. The van der Waals surface area contributed by atoms with Gasteiger partial charge in [0.05, 0.1) is 5.02 Å². The lowest BCUT2D eigenvalue weighted by Gasteiger charge is -2.09. The first kappa shape index (κ1) is 16.8. The van der Waals surface area contributed by atoms with Gasteiger partial charge < -0.3 is 9.52 Å². The van der Waals surface area contributed by atoms with E-state index < -0.39 is 5.82 Å². The summed E-state index contributed by atoms with van der Waals surface area (Å²) in [6.45, 7) is 0. The maximum Gasteiger partial charge on any atom is 0.149 e. The molecular weight excluding hydrogens is 375 g/mol. The predicted octanol–water partition coefficient (Wildman–Crippen LogP) is 7.42. The van der Waals surface area contributed by atoms with Crippen LogP contribution in [0.4, 0.5) is 4.39 Å². The normalized spacial score (nSPS) is 11.4. The van der Waals surface area contributed by atoms with E-state index in [-0.39, 0.29) is 16.3 Å². The van der Waals surface area contributed by atoms with Gasteiger partial charge in [-0.1, -0.05) is 72.3 Å². The minimum Gasteiger partial charge on any atom is -0.507 e. The standard InChI is InChI=1S/C24H14ClFO2/c25-18-11-5-9-16(23(18)26)21-19(27)12-13-20-22(21)17-10-4-8-15(24(17)28-20)14-6-2-1-3-7-14/h1-13,27H. The van der Waals surface area contributed by atoms with Crippen LogP contribution in [0.25, 0.3) is 44.2 Å². The molecule has 0 aliphatic rings. The molecule has 4 aromatic carbocycles. The van der Waals surface area contributed by atoms with Crippen molar-refractivity contribution in [2.75, 3.05) is 0 Å². The molecule has 0 bridgehead atoms. The first-order chi connectivity index (χ1) is 13.6. The van der Waals surface area contributed by atoms with Crippen molar-refractivity contribution < 1.29 is 13.9 Å². The van der Waals surface area contributed by atoms with E-state index in [0.717, 1.165) is 16.5 Å². The van der Waals surface area contributed by atoms with E-state index in [2.05, 4.69) is 0 Å². The Bertz CT molecular complexity index is 1340. The molecule has 1 heterocycles. The highest BCUT2D eigenvalue weighted by atomic mass is 35.5. The minimum atomic E-state index is -0.569. The molecule has 0 atom stereocenters. The van der Waals surface area contributed by atoms with E-state index in [9.17, 15) is 9.50 Å². The monoisotopic (exact) mass is 388 g/mol. The molecule has 0 fully saturated rings. The molecule has 0 aliphatic carbocycles. The number of aromatic hydroxyl groups is 1. The quantitative estimate of drug-likeness (QED) is 0.341. The van der Waals surface area contributed by atoms with E-state index in [4.69, 9.17) is 16.0 Å². The summed E-state index contributed by atoms with van der Waals surface area (Å²) in [6.07, 6.45) is 0. The number of para-hydroxylation sites is 1. The van der Waals surface area contributed by atoms with Crippen molar-refractivity contribution in [3.8, 4) is 28.0 Å². The summed E-state index contributed by atoms with van der Waals surface area (Å²) in [5.74, 6) is -0.595. The Morgan fingerprint density at radius 1 is 0.786 bits per heavy atom. The summed E-state index contributed by atoms with van der Waals surface area (Å²) in [6, 6.07) is 23.7. The topological polar surface area (TPSA) is 33.4 Å². The molecule has 5 rings (SSSR count). The van der Waals surface area contributed by atoms with Crippen LogP contribution in [0.2, 0.25) is 5.02 Å². The molecule has 0 saturated heterocycles. The summed E-state index contributed by atoms with van der Waals surface area (Å²) < 4.78 is 20.9. The van der Waals surface area contributed by atoms with Crippen LogP contribution in [0, 0.1) is 5.82 Å². The van der Waals surface area contributed by atoms with Crippen molar-refractivity contribution in [2.24, 2.45) is 0 Å². The van der Waals surface area contributed by atoms with E-state index in [0.29, 0.717) is 22.1 Å². The lowest BCUT2D eigenvalue weighted by Crippen LogP contribution is -1.87. The molecule has 1 N–H and O–H groups in total. The fourth-order valence-corrected chi connectivity index (χ4v) is 3.87. The van der Waals surface area contributed by atoms with Crippen LogP contribution in [0.3, 0.4) is 0 Å². The Balaban J connectivity index is 1.91. The summed E-state index contributed by atoms with van der Waals surface area (Å²) >= 11 is 5.98. The second-order valence-corrected chi connectivity index (χ2v) is 6.99. The SMILES string of the molecule is Oc1ccc2oc3c(-c4ccccc4)cccc3c2c1-c1cccc(Cl)c1F. The molecule has 136 valence electrons. The van der Waals surface area contributed by atoms with Gasteiger partial charge in [-0.3, -0.25) is 0 Å². The molecule has 0 amide bonds. The average Bonchev–Trinajstić information content (AvgIpc) is 3.10. The number of phenols is 1. The van der Waals surface area contributed by atoms with Crippen LogP contribution < -0.4 is 0 Å². The van der Waals surface area contributed by atoms with Gasteiger partial charge >= 0.3 is 0 Å². The first-order valence-electron chi connectivity index (χ1n) is 8.82. The number of phenolic OH excluding ortho intramolecular Hbond substituents is 1. The van der Waals surface area contributed by atoms with Gasteiger partial charge in [0.15, 0.2) is 0 Å². The van der Waals surface area contributed by atoms with Gasteiger partial charge in [0.2, 0.25) is 0 Å². The maximum absolute atomic E-state index is 14.8. The van der Waals surface area contributed by atoms with E-state index in [1.807, 2.05) is 48.5 Å². The number of benzene rings is 4. The van der Waals surface area contributed by atoms with Crippen molar-refractivity contribution in [1.29, 1.82) is 0 Å². The number of hydrogen-bond donors (Lipinski definition) is 1. The van der Waals surface area contributed by atoms with Crippen LogP contribution in [-0.4, -0.2) is 5.11 Å². The zero-order chi connectivity index (χ0) is 19.3. The molecule has 0 radical (unpaired) electrons. The molecule has 0 saturated carbocycles. The summed E-state index contributed by atoms with van der Waals surface area (Å²) in [4.78, 5) is 0. The number of rotatable bonds is 2. The second-order valence-electron chi connectivity index (χ2n) is 6.58. The molecule has 0 unspecified atom stereocenters. The minimum absolute atomic E-state index is 0.00618. The molecule has 5 aromatic rings. The van der Waals surface area contributed by atoms with Gasteiger partial charge in [-0.15, -0.1) is 0 Å². The van der Waals surface area contributed by atoms with Crippen molar-refractivity contribution in [2.45, 2.75) is 0 Å². The molecular formula is C24H14ClFO2. The van der Waals surface area contributed by atoms with Crippen LogP contribution in [0.15, 0.2) is 83.3 Å². The van der Waals surface area contributed by atoms with Gasteiger partial charge in [-0.2, -0.15) is 0 Å². The highest BCUT2D eigenvalue weighted by Crippen LogP contribution is 2.45. The van der Waals surface area contributed by atoms with Crippen molar-refractivity contribution in [3.63, 3.8) is 0 Å². The van der Waals surface area contributed by atoms with Gasteiger partial charge in [0, 0.05) is 27.5 Å². The number of fused-ring (bicyclic) bond motifs is 3. The largest absolute Gasteiger partial charge is 0.507 e. The zero-order valence-corrected chi connectivity index (χ0v) is 15.4. The van der Waals surface area contributed by atoms with Crippen molar-refractivity contribution in [1.82, 2.24) is 0 Å². The molecule has 0 spiro atoms. The van der Waals surface area contributed by atoms with E-state index >= 15 is 0 Å². The average molecular weight is 389 g/mol. The van der Waals surface area contributed by atoms with Crippen molar-refractivity contribution in [3.05, 3.63) is 89.7 Å². The second kappa shape index (κ2) is 6.39. The Hall–Kier alpha value is -3.30. The van der Waals surface area contributed by atoms with Crippen LogP contribution in [0.1, 0.15) is 0 Å². The Morgan fingerprint density at radius 2 is 1.54 bits per heavy atom. The molecule has 0 aliphatic heterocycles. The number of hydrogen-bond acceptors (Lipinski definition) is 2. The Labute approximate surface area is 165 Å². The summed E-state index contributed by atoms with van der Waals surface area (Å²) in [5, 5.41) is 12.1. The van der Waals surface area contributed by atoms with Crippen LogP contribution >= 0.6 is 11.6 Å². The predicted molar refractivity (Wildman–Crippen MR) is 111 cm³/mol. The van der Waals surface area contributed by atoms with E-state index in [1.165, 1.54) is 12.1 Å².